The molecule has 0 aliphatic heterocycles. The van der Waals surface area contributed by atoms with Crippen molar-refractivity contribution in [1.29, 1.82) is 0 Å². The molecule has 0 spiro atoms. The number of halogens is 2. The molecule has 1 heterocycles. The van der Waals surface area contributed by atoms with Gasteiger partial charge in [-0.05, 0) is 47.5 Å². The SMILES string of the molecule is O=C(Cc1c(Cl)cccc1Cl)NCc1ccc(NC(=O)c2ccco2)cc1. The number of hydrogen-bond acceptors (Lipinski definition) is 3. The summed E-state index contributed by atoms with van der Waals surface area (Å²) in [5.74, 6) is -0.262. The summed E-state index contributed by atoms with van der Waals surface area (Å²) in [6.45, 7) is 0.354. The van der Waals surface area contributed by atoms with Gasteiger partial charge in [0.15, 0.2) is 5.76 Å². The van der Waals surface area contributed by atoms with Gasteiger partial charge in [0.1, 0.15) is 0 Å². The maximum Gasteiger partial charge on any atom is 0.291 e. The summed E-state index contributed by atoms with van der Waals surface area (Å²) in [7, 11) is 0. The van der Waals surface area contributed by atoms with Crippen molar-refractivity contribution in [2.24, 2.45) is 0 Å². The number of benzene rings is 2. The van der Waals surface area contributed by atoms with Crippen LogP contribution in [-0.4, -0.2) is 11.8 Å². The van der Waals surface area contributed by atoms with Crippen LogP contribution in [0.1, 0.15) is 21.7 Å². The van der Waals surface area contributed by atoms with E-state index >= 15 is 0 Å². The largest absolute Gasteiger partial charge is 0.459 e. The number of amides is 2. The normalized spacial score (nSPS) is 10.4. The van der Waals surface area contributed by atoms with E-state index in [2.05, 4.69) is 10.6 Å². The molecule has 27 heavy (non-hydrogen) atoms. The molecule has 2 aromatic carbocycles. The lowest BCUT2D eigenvalue weighted by atomic mass is 10.1. The van der Waals surface area contributed by atoms with Gasteiger partial charge in [0.2, 0.25) is 5.91 Å². The van der Waals surface area contributed by atoms with Gasteiger partial charge in [-0.1, -0.05) is 41.4 Å². The Kier molecular flexibility index (Phi) is 6.16. The van der Waals surface area contributed by atoms with Gasteiger partial charge in [0, 0.05) is 22.3 Å². The summed E-state index contributed by atoms with van der Waals surface area (Å²) in [5, 5.41) is 6.49. The maximum absolute atomic E-state index is 12.1. The zero-order valence-corrected chi connectivity index (χ0v) is 15.7. The number of carbonyl (C=O) groups excluding carboxylic acids is 2. The number of furan rings is 1. The molecule has 3 aromatic rings. The first-order chi connectivity index (χ1) is 13.0. The average molecular weight is 403 g/mol. The molecule has 2 amide bonds. The fourth-order valence-electron chi connectivity index (χ4n) is 2.43. The van der Waals surface area contributed by atoms with Gasteiger partial charge >= 0.3 is 0 Å². The van der Waals surface area contributed by atoms with Crippen molar-refractivity contribution >= 4 is 40.7 Å². The van der Waals surface area contributed by atoms with E-state index in [9.17, 15) is 9.59 Å². The van der Waals surface area contributed by atoms with E-state index in [1.54, 1.807) is 42.5 Å². The quantitative estimate of drug-likeness (QED) is 0.627. The van der Waals surface area contributed by atoms with Gasteiger partial charge in [-0.25, -0.2) is 0 Å². The Hall–Kier alpha value is -2.76. The molecule has 3 rings (SSSR count). The maximum atomic E-state index is 12.1. The predicted octanol–water partition coefficient (Wildman–Crippen LogP) is 4.70. The van der Waals surface area contributed by atoms with E-state index < -0.39 is 0 Å². The van der Waals surface area contributed by atoms with E-state index in [0.29, 0.717) is 27.8 Å². The summed E-state index contributed by atoms with van der Waals surface area (Å²) >= 11 is 12.2. The molecule has 2 N–H and O–H groups in total. The van der Waals surface area contributed by atoms with Crippen LogP contribution < -0.4 is 10.6 Å². The zero-order chi connectivity index (χ0) is 19.2. The molecule has 0 aliphatic rings. The first kappa shape index (κ1) is 19.0. The predicted molar refractivity (Wildman–Crippen MR) is 105 cm³/mol. The molecule has 0 bridgehead atoms. The molecule has 5 nitrogen and oxygen atoms in total. The highest BCUT2D eigenvalue weighted by atomic mass is 35.5. The van der Waals surface area contributed by atoms with Crippen molar-refractivity contribution in [2.75, 3.05) is 5.32 Å². The van der Waals surface area contributed by atoms with Crippen LogP contribution in [0.4, 0.5) is 5.69 Å². The van der Waals surface area contributed by atoms with Crippen molar-refractivity contribution < 1.29 is 14.0 Å². The molecule has 0 fully saturated rings. The fraction of sp³-hybridized carbons (Fsp3) is 0.100. The topological polar surface area (TPSA) is 71.3 Å². The minimum absolute atomic E-state index is 0.107. The average Bonchev–Trinajstić information content (AvgIpc) is 3.19. The third kappa shape index (κ3) is 5.12. The van der Waals surface area contributed by atoms with Crippen molar-refractivity contribution in [1.82, 2.24) is 5.32 Å². The Morgan fingerprint density at radius 1 is 0.926 bits per heavy atom. The highest BCUT2D eigenvalue weighted by Crippen LogP contribution is 2.24. The molecule has 1 aromatic heterocycles. The summed E-state index contributed by atoms with van der Waals surface area (Å²) in [6, 6.07) is 15.5. The molecular weight excluding hydrogens is 387 g/mol. The van der Waals surface area contributed by atoms with Crippen LogP contribution in [0, 0.1) is 0 Å². The van der Waals surface area contributed by atoms with E-state index in [4.69, 9.17) is 27.6 Å². The summed E-state index contributed by atoms with van der Waals surface area (Å²) in [5.41, 5.74) is 2.13. The van der Waals surface area contributed by atoms with E-state index in [1.165, 1.54) is 6.26 Å². The minimum Gasteiger partial charge on any atom is -0.459 e. The lowest BCUT2D eigenvalue weighted by Gasteiger charge is -2.09. The van der Waals surface area contributed by atoms with Crippen LogP contribution in [0.3, 0.4) is 0 Å². The lowest BCUT2D eigenvalue weighted by Crippen LogP contribution is -2.24. The molecular formula is C20H16Cl2N2O3. The van der Waals surface area contributed by atoms with Gasteiger partial charge < -0.3 is 15.1 Å². The highest BCUT2D eigenvalue weighted by molar-refractivity contribution is 6.36. The number of hydrogen-bond donors (Lipinski definition) is 2. The third-order valence-electron chi connectivity index (χ3n) is 3.85. The Labute approximate surface area is 166 Å². The summed E-state index contributed by atoms with van der Waals surface area (Å²) in [6.07, 6.45) is 1.55. The second kappa shape index (κ2) is 8.75. The summed E-state index contributed by atoms with van der Waals surface area (Å²) < 4.78 is 5.04. The Bertz CT molecular complexity index is 918. The highest BCUT2D eigenvalue weighted by Gasteiger charge is 2.11. The van der Waals surface area contributed by atoms with Crippen LogP contribution in [0.25, 0.3) is 0 Å². The number of carbonyl (C=O) groups is 2. The molecule has 0 saturated heterocycles. The monoisotopic (exact) mass is 402 g/mol. The van der Waals surface area contributed by atoms with Crippen LogP contribution in [-0.2, 0) is 17.8 Å². The second-order valence-corrected chi connectivity index (χ2v) is 6.60. The van der Waals surface area contributed by atoms with Crippen LogP contribution in [0.2, 0.25) is 10.0 Å². The first-order valence-corrected chi connectivity index (χ1v) is 8.92. The fourth-order valence-corrected chi connectivity index (χ4v) is 2.96. The Morgan fingerprint density at radius 2 is 1.63 bits per heavy atom. The van der Waals surface area contributed by atoms with Gasteiger partial charge in [0.05, 0.1) is 12.7 Å². The summed E-state index contributed by atoms with van der Waals surface area (Å²) in [4.78, 5) is 24.1. The molecule has 0 radical (unpaired) electrons. The smallest absolute Gasteiger partial charge is 0.291 e. The van der Waals surface area contributed by atoms with Crippen molar-refractivity contribution in [3.8, 4) is 0 Å². The second-order valence-electron chi connectivity index (χ2n) is 5.78. The molecule has 0 unspecified atom stereocenters. The van der Waals surface area contributed by atoms with Crippen molar-refractivity contribution in [3.63, 3.8) is 0 Å². The van der Waals surface area contributed by atoms with E-state index in [1.807, 2.05) is 12.1 Å². The first-order valence-electron chi connectivity index (χ1n) is 8.16. The van der Waals surface area contributed by atoms with Crippen molar-refractivity contribution in [2.45, 2.75) is 13.0 Å². The van der Waals surface area contributed by atoms with E-state index in [0.717, 1.165) is 5.56 Å². The van der Waals surface area contributed by atoms with Gasteiger partial charge in [-0.3, -0.25) is 9.59 Å². The van der Waals surface area contributed by atoms with Crippen LogP contribution in [0.15, 0.2) is 65.3 Å². The number of rotatable bonds is 6. The standard InChI is InChI=1S/C20H16Cl2N2O3/c21-16-3-1-4-17(22)15(16)11-19(25)23-12-13-6-8-14(9-7-13)24-20(26)18-5-2-10-27-18/h1-10H,11-12H2,(H,23,25)(H,24,26). The van der Waals surface area contributed by atoms with Gasteiger partial charge in [-0.2, -0.15) is 0 Å². The van der Waals surface area contributed by atoms with Gasteiger partial charge in [-0.15, -0.1) is 0 Å². The zero-order valence-electron chi connectivity index (χ0n) is 14.2. The molecule has 0 saturated carbocycles. The number of nitrogens with one attached hydrogen (secondary N) is 2. The molecule has 7 heteroatoms. The van der Waals surface area contributed by atoms with Crippen molar-refractivity contribution in [3.05, 3.63) is 87.8 Å². The third-order valence-corrected chi connectivity index (χ3v) is 4.55. The Balaban J connectivity index is 1.52. The minimum atomic E-state index is -0.322. The molecule has 0 aliphatic carbocycles. The molecule has 138 valence electrons. The van der Waals surface area contributed by atoms with Gasteiger partial charge in [0.25, 0.3) is 5.91 Å². The van der Waals surface area contributed by atoms with Crippen LogP contribution in [0.5, 0.6) is 0 Å². The Morgan fingerprint density at radius 3 is 2.26 bits per heavy atom. The molecule has 0 atom stereocenters. The number of anilines is 1. The van der Waals surface area contributed by atoms with Crippen LogP contribution >= 0.6 is 23.2 Å². The lowest BCUT2D eigenvalue weighted by molar-refractivity contribution is -0.120. The van der Waals surface area contributed by atoms with E-state index in [-0.39, 0.29) is 24.0 Å².